The number of carbonyl (C=O) groups excluding carboxylic acids is 1. The van der Waals surface area contributed by atoms with Crippen LogP contribution in [0.2, 0.25) is 0 Å². The normalized spacial score (nSPS) is 10.9. The predicted octanol–water partition coefficient (Wildman–Crippen LogP) is 6.83. The maximum atomic E-state index is 13.1. The van der Waals surface area contributed by atoms with Gasteiger partial charge in [0.05, 0.1) is 11.9 Å². The molecular weight excluding hydrogens is 463 g/mol. The Labute approximate surface area is 215 Å². The lowest BCUT2D eigenvalue weighted by molar-refractivity contribution is 0.0954. The smallest absolute Gasteiger partial charge is 0.251 e. The summed E-state index contributed by atoms with van der Waals surface area (Å²) in [4.78, 5) is 25.5. The standard InChI is InChI=1S/C31H27FN4O/c1-20(2)13-22-14-25(16-26(15-22)31(37)33-12-11-21-7-9-27(32)10-8-21)29-19-35-30(36-29)28-17-23-5-3-4-6-24(23)18-34-28/h3-10,13-19H,11-12H2,1-2H3,(H,33,37)(H,35,36). The first-order valence-corrected chi connectivity index (χ1v) is 12.2. The number of rotatable bonds is 7. The van der Waals surface area contributed by atoms with Gasteiger partial charge in [-0.15, -0.1) is 0 Å². The van der Waals surface area contributed by atoms with E-state index in [0.717, 1.165) is 44.4 Å². The number of carbonyl (C=O) groups is 1. The highest BCUT2D eigenvalue weighted by molar-refractivity contribution is 5.96. The maximum Gasteiger partial charge on any atom is 0.251 e. The summed E-state index contributed by atoms with van der Waals surface area (Å²) in [7, 11) is 0. The Kier molecular flexibility index (Phi) is 6.90. The first kappa shape index (κ1) is 24.1. The van der Waals surface area contributed by atoms with E-state index in [-0.39, 0.29) is 11.7 Å². The minimum Gasteiger partial charge on any atom is -0.352 e. The molecule has 0 fully saturated rings. The Morgan fingerprint density at radius 2 is 1.73 bits per heavy atom. The highest BCUT2D eigenvalue weighted by atomic mass is 19.1. The van der Waals surface area contributed by atoms with E-state index < -0.39 is 0 Å². The molecule has 2 N–H and O–H groups in total. The molecule has 6 heteroatoms. The van der Waals surface area contributed by atoms with Gasteiger partial charge in [-0.05, 0) is 73.2 Å². The number of amides is 1. The molecule has 5 nitrogen and oxygen atoms in total. The number of halogens is 1. The fraction of sp³-hybridized carbons (Fsp3) is 0.129. The van der Waals surface area contributed by atoms with Crippen LogP contribution in [0.25, 0.3) is 39.6 Å². The molecule has 37 heavy (non-hydrogen) atoms. The van der Waals surface area contributed by atoms with Crippen molar-refractivity contribution in [1.82, 2.24) is 20.3 Å². The molecule has 3 aromatic carbocycles. The summed E-state index contributed by atoms with van der Waals surface area (Å²) < 4.78 is 13.1. The highest BCUT2D eigenvalue weighted by Crippen LogP contribution is 2.26. The largest absolute Gasteiger partial charge is 0.352 e. The van der Waals surface area contributed by atoms with E-state index in [1.807, 2.05) is 74.7 Å². The fourth-order valence-electron chi connectivity index (χ4n) is 4.24. The second kappa shape index (κ2) is 10.6. The first-order chi connectivity index (χ1) is 17.9. The number of imidazole rings is 1. The number of aromatic nitrogens is 3. The van der Waals surface area contributed by atoms with Crippen LogP contribution in [0, 0.1) is 5.82 Å². The number of H-pyrrole nitrogens is 1. The van der Waals surface area contributed by atoms with Crippen molar-refractivity contribution in [2.45, 2.75) is 20.3 Å². The van der Waals surface area contributed by atoms with Crippen LogP contribution in [-0.2, 0) is 6.42 Å². The molecule has 0 bridgehead atoms. The molecule has 184 valence electrons. The SMILES string of the molecule is CC(C)=Cc1cc(C(=O)NCCc2ccc(F)cc2)cc(-c2cnc(-c3cc4ccccc4cn3)[nH]2)c1. The minimum atomic E-state index is -0.269. The molecule has 2 aromatic heterocycles. The minimum absolute atomic E-state index is 0.164. The average Bonchev–Trinajstić information content (AvgIpc) is 3.39. The third-order valence-corrected chi connectivity index (χ3v) is 6.05. The number of nitrogens with one attached hydrogen (secondary N) is 2. The van der Waals surface area contributed by atoms with Gasteiger partial charge in [-0.2, -0.15) is 0 Å². The molecule has 0 radical (unpaired) electrons. The van der Waals surface area contributed by atoms with Crippen LogP contribution < -0.4 is 5.32 Å². The molecular formula is C31H27FN4O. The van der Waals surface area contributed by atoms with Crippen LogP contribution >= 0.6 is 0 Å². The summed E-state index contributed by atoms with van der Waals surface area (Å²) in [5, 5.41) is 5.15. The summed E-state index contributed by atoms with van der Waals surface area (Å²) >= 11 is 0. The van der Waals surface area contributed by atoms with Crippen molar-refractivity contribution in [3.63, 3.8) is 0 Å². The fourth-order valence-corrected chi connectivity index (χ4v) is 4.24. The third-order valence-electron chi connectivity index (χ3n) is 6.05. The zero-order valence-corrected chi connectivity index (χ0v) is 20.8. The topological polar surface area (TPSA) is 70.7 Å². The molecule has 0 aliphatic rings. The number of hydrogen-bond acceptors (Lipinski definition) is 3. The monoisotopic (exact) mass is 490 g/mol. The first-order valence-electron chi connectivity index (χ1n) is 12.2. The van der Waals surface area contributed by atoms with E-state index in [0.29, 0.717) is 24.4 Å². The van der Waals surface area contributed by atoms with E-state index in [2.05, 4.69) is 20.3 Å². The van der Waals surface area contributed by atoms with E-state index in [1.54, 1.807) is 18.3 Å². The third kappa shape index (κ3) is 5.81. The van der Waals surface area contributed by atoms with Gasteiger partial charge in [-0.25, -0.2) is 9.37 Å². The molecule has 1 amide bonds. The van der Waals surface area contributed by atoms with Gasteiger partial charge in [0.1, 0.15) is 11.5 Å². The van der Waals surface area contributed by atoms with Gasteiger partial charge >= 0.3 is 0 Å². The second-order valence-corrected chi connectivity index (χ2v) is 9.26. The summed E-state index contributed by atoms with van der Waals surface area (Å²) in [6.07, 6.45) is 6.27. The molecule has 2 heterocycles. The zero-order chi connectivity index (χ0) is 25.8. The lowest BCUT2D eigenvalue weighted by Gasteiger charge is -2.09. The Balaban J connectivity index is 1.39. The molecule has 0 aliphatic heterocycles. The Morgan fingerprint density at radius 1 is 0.946 bits per heavy atom. The molecule has 0 aliphatic carbocycles. The Bertz CT molecular complexity index is 1600. The number of pyridine rings is 1. The number of fused-ring (bicyclic) bond motifs is 1. The van der Waals surface area contributed by atoms with Crippen LogP contribution in [0.15, 0.2) is 90.8 Å². The van der Waals surface area contributed by atoms with Gasteiger partial charge in [0.15, 0.2) is 5.82 Å². The summed E-state index contributed by atoms with van der Waals surface area (Å²) in [6.45, 7) is 4.50. The van der Waals surface area contributed by atoms with Crippen LogP contribution in [0.1, 0.15) is 35.3 Å². The molecule has 0 saturated heterocycles. The van der Waals surface area contributed by atoms with Gasteiger partial charge in [-0.3, -0.25) is 9.78 Å². The number of benzene rings is 3. The lowest BCUT2D eigenvalue weighted by Crippen LogP contribution is -2.25. The van der Waals surface area contributed by atoms with E-state index >= 15 is 0 Å². The molecule has 5 aromatic rings. The summed E-state index contributed by atoms with van der Waals surface area (Å²) in [5.74, 6) is 0.233. The number of nitrogens with zero attached hydrogens (tertiary/aromatic N) is 2. The second-order valence-electron chi connectivity index (χ2n) is 9.26. The van der Waals surface area contributed by atoms with Crippen LogP contribution in [0.5, 0.6) is 0 Å². The van der Waals surface area contributed by atoms with Crippen molar-refractivity contribution in [3.05, 3.63) is 113 Å². The van der Waals surface area contributed by atoms with Crippen LogP contribution in [-0.4, -0.2) is 27.4 Å². The van der Waals surface area contributed by atoms with Gasteiger partial charge in [-0.1, -0.05) is 48.0 Å². The van der Waals surface area contributed by atoms with Crippen LogP contribution in [0.3, 0.4) is 0 Å². The molecule has 0 atom stereocenters. The molecule has 0 saturated carbocycles. The van der Waals surface area contributed by atoms with Crippen molar-refractivity contribution < 1.29 is 9.18 Å². The summed E-state index contributed by atoms with van der Waals surface area (Å²) in [6, 6.07) is 22.2. The maximum absolute atomic E-state index is 13.1. The van der Waals surface area contributed by atoms with E-state index in [4.69, 9.17) is 0 Å². The Morgan fingerprint density at radius 3 is 2.51 bits per heavy atom. The van der Waals surface area contributed by atoms with Gasteiger partial charge in [0.25, 0.3) is 5.91 Å². The van der Waals surface area contributed by atoms with Gasteiger partial charge < -0.3 is 10.3 Å². The van der Waals surface area contributed by atoms with Gasteiger partial charge in [0, 0.05) is 29.3 Å². The zero-order valence-electron chi connectivity index (χ0n) is 20.8. The van der Waals surface area contributed by atoms with Gasteiger partial charge in [0.2, 0.25) is 0 Å². The highest BCUT2D eigenvalue weighted by Gasteiger charge is 2.13. The lowest BCUT2D eigenvalue weighted by atomic mass is 10.0. The summed E-state index contributed by atoms with van der Waals surface area (Å²) in [5.41, 5.74) is 6.00. The van der Waals surface area contributed by atoms with Crippen molar-refractivity contribution in [2.75, 3.05) is 6.54 Å². The quantitative estimate of drug-likeness (QED) is 0.263. The van der Waals surface area contributed by atoms with E-state index in [9.17, 15) is 9.18 Å². The average molecular weight is 491 g/mol. The van der Waals surface area contributed by atoms with Crippen molar-refractivity contribution >= 4 is 22.8 Å². The Hall–Kier alpha value is -4.58. The molecule has 5 rings (SSSR count). The van der Waals surface area contributed by atoms with Crippen molar-refractivity contribution in [2.24, 2.45) is 0 Å². The predicted molar refractivity (Wildman–Crippen MR) is 147 cm³/mol. The van der Waals surface area contributed by atoms with Crippen molar-refractivity contribution in [1.29, 1.82) is 0 Å². The molecule has 0 unspecified atom stereocenters. The van der Waals surface area contributed by atoms with Crippen LogP contribution in [0.4, 0.5) is 4.39 Å². The molecule has 0 spiro atoms. The number of hydrogen-bond donors (Lipinski definition) is 2. The van der Waals surface area contributed by atoms with E-state index in [1.165, 1.54) is 12.1 Å². The van der Waals surface area contributed by atoms with Crippen molar-refractivity contribution in [3.8, 4) is 22.8 Å². The number of allylic oxidation sites excluding steroid dienone is 1. The number of aromatic amines is 1.